The van der Waals surface area contributed by atoms with Crippen LogP contribution < -0.4 is 5.73 Å². The van der Waals surface area contributed by atoms with Crippen molar-refractivity contribution in [1.29, 1.82) is 0 Å². The van der Waals surface area contributed by atoms with E-state index in [0.717, 1.165) is 5.82 Å². The van der Waals surface area contributed by atoms with Gasteiger partial charge in [-0.15, -0.1) is 0 Å². The molecule has 3 N–H and O–H groups in total. The molecule has 0 atom stereocenters. The number of hydrogen-bond acceptors (Lipinski definition) is 4. The highest BCUT2D eigenvalue weighted by Gasteiger charge is 2.01. The van der Waals surface area contributed by atoms with Crippen molar-refractivity contribution in [3.8, 4) is 0 Å². The van der Waals surface area contributed by atoms with Gasteiger partial charge in [0.25, 0.3) is 0 Å². The maximum atomic E-state index is 10.2. The van der Waals surface area contributed by atoms with Gasteiger partial charge in [-0.3, -0.25) is 5.10 Å². The van der Waals surface area contributed by atoms with Crippen molar-refractivity contribution >= 4 is 18.3 Å². The standard InChI is InChI=1S/C6H10N4O2S/c1-4-8-9-6(13)10(4)2-3-12-5(7)11/h2-3H2,1H3,(H2,7,11)(H,9,13). The molecule has 7 heteroatoms. The van der Waals surface area contributed by atoms with Gasteiger partial charge < -0.3 is 15.0 Å². The van der Waals surface area contributed by atoms with E-state index in [1.165, 1.54) is 0 Å². The number of H-pyrrole nitrogens is 1. The number of aromatic amines is 1. The van der Waals surface area contributed by atoms with Gasteiger partial charge in [0.15, 0.2) is 4.77 Å². The Hall–Kier alpha value is -1.37. The summed E-state index contributed by atoms with van der Waals surface area (Å²) < 4.78 is 6.78. The molecule has 1 aromatic rings. The Morgan fingerprint density at radius 3 is 3.00 bits per heavy atom. The number of nitrogens with one attached hydrogen (secondary N) is 1. The van der Waals surface area contributed by atoms with Gasteiger partial charge in [0.05, 0.1) is 6.54 Å². The molecule has 0 fully saturated rings. The molecule has 1 heterocycles. The summed E-state index contributed by atoms with van der Waals surface area (Å²) in [5.74, 6) is 0.748. The molecular formula is C6H10N4O2S. The molecule has 0 aliphatic heterocycles. The Morgan fingerprint density at radius 1 is 1.85 bits per heavy atom. The van der Waals surface area contributed by atoms with Crippen molar-refractivity contribution in [2.45, 2.75) is 13.5 Å². The first-order valence-electron chi connectivity index (χ1n) is 3.65. The first-order chi connectivity index (χ1) is 6.11. The fourth-order valence-electron chi connectivity index (χ4n) is 0.897. The van der Waals surface area contributed by atoms with Crippen LogP contribution in [0, 0.1) is 11.7 Å². The SMILES string of the molecule is Cc1n[nH]c(=S)n1CCOC(N)=O. The Bertz CT molecular complexity index is 356. The molecule has 0 radical (unpaired) electrons. The Kier molecular flexibility index (Phi) is 3.02. The first-order valence-corrected chi connectivity index (χ1v) is 4.06. The molecule has 1 amide bonds. The quantitative estimate of drug-likeness (QED) is 0.692. The second kappa shape index (κ2) is 4.04. The van der Waals surface area contributed by atoms with Gasteiger partial charge in [0, 0.05) is 0 Å². The van der Waals surface area contributed by atoms with Gasteiger partial charge in [0.2, 0.25) is 0 Å². The third kappa shape index (κ3) is 2.55. The fraction of sp³-hybridized carbons (Fsp3) is 0.500. The van der Waals surface area contributed by atoms with Crippen LogP contribution in [-0.4, -0.2) is 27.5 Å². The summed E-state index contributed by atoms with van der Waals surface area (Å²) in [6, 6.07) is 0. The summed E-state index contributed by atoms with van der Waals surface area (Å²) in [5, 5.41) is 6.51. The fourth-order valence-corrected chi connectivity index (χ4v) is 1.17. The number of rotatable bonds is 3. The van der Waals surface area contributed by atoms with Crippen LogP contribution in [0.1, 0.15) is 5.82 Å². The molecular weight excluding hydrogens is 192 g/mol. The monoisotopic (exact) mass is 202 g/mol. The molecule has 0 bridgehead atoms. The minimum Gasteiger partial charge on any atom is -0.448 e. The summed E-state index contributed by atoms with van der Waals surface area (Å²) in [4.78, 5) is 10.2. The number of aryl methyl sites for hydroxylation is 1. The van der Waals surface area contributed by atoms with Crippen molar-refractivity contribution in [1.82, 2.24) is 14.8 Å². The number of amides is 1. The summed E-state index contributed by atoms with van der Waals surface area (Å²) in [7, 11) is 0. The maximum absolute atomic E-state index is 10.2. The summed E-state index contributed by atoms with van der Waals surface area (Å²) >= 11 is 4.93. The Morgan fingerprint density at radius 2 is 2.54 bits per heavy atom. The highest BCUT2D eigenvalue weighted by Crippen LogP contribution is 1.95. The van der Waals surface area contributed by atoms with E-state index in [-0.39, 0.29) is 6.61 Å². The van der Waals surface area contributed by atoms with Crippen molar-refractivity contribution < 1.29 is 9.53 Å². The van der Waals surface area contributed by atoms with E-state index >= 15 is 0 Å². The van der Waals surface area contributed by atoms with Gasteiger partial charge in [-0.1, -0.05) is 0 Å². The number of hydrogen-bond donors (Lipinski definition) is 2. The smallest absolute Gasteiger partial charge is 0.404 e. The van der Waals surface area contributed by atoms with Crippen LogP contribution in [0.2, 0.25) is 0 Å². The summed E-state index contributed by atoms with van der Waals surface area (Å²) in [5.41, 5.74) is 4.79. The van der Waals surface area contributed by atoms with E-state index in [1.807, 2.05) is 0 Å². The lowest BCUT2D eigenvalue weighted by Crippen LogP contribution is -2.17. The first kappa shape index (κ1) is 9.72. The Labute approximate surface area is 79.7 Å². The zero-order valence-electron chi connectivity index (χ0n) is 7.11. The van der Waals surface area contributed by atoms with Crippen LogP contribution in [0.3, 0.4) is 0 Å². The average Bonchev–Trinajstić information content (AvgIpc) is 2.34. The van der Waals surface area contributed by atoms with E-state index in [1.54, 1.807) is 11.5 Å². The zero-order valence-corrected chi connectivity index (χ0v) is 7.93. The number of ether oxygens (including phenoxy) is 1. The van der Waals surface area contributed by atoms with Crippen LogP contribution in [0.4, 0.5) is 4.79 Å². The topological polar surface area (TPSA) is 85.9 Å². The van der Waals surface area contributed by atoms with E-state index in [0.29, 0.717) is 11.3 Å². The van der Waals surface area contributed by atoms with Gasteiger partial charge in [-0.05, 0) is 19.1 Å². The third-order valence-corrected chi connectivity index (χ3v) is 1.82. The summed E-state index contributed by atoms with van der Waals surface area (Å²) in [6.07, 6.45) is -0.785. The molecule has 6 nitrogen and oxygen atoms in total. The van der Waals surface area contributed by atoms with Gasteiger partial charge in [-0.2, -0.15) is 5.10 Å². The van der Waals surface area contributed by atoms with E-state index in [9.17, 15) is 4.79 Å². The molecule has 72 valence electrons. The lowest BCUT2D eigenvalue weighted by Gasteiger charge is -2.03. The molecule has 1 rings (SSSR count). The van der Waals surface area contributed by atoms with Gasteiger partial charge in [-0.25, -0.2) is 4.79 Å². The van der Waals surface area contributed by atoms with E-state index in [4.69, 9.17) is 18.0 Å². The van der Waals surface area contributed by atoms with Crippen LogP contribution in [0.15, 0.2) is 0 Å². The Balaban J connectivity index is 2.54. The lowest BCUT2D eigenvalue weighted by molar-refractivity contribution is 0.152. The van der Waals surface area contributed by atoms with E-state index in [2.05, 4.69) is 14.9 Å². The largest absolute Gasteiger partial charge is 0.448 e. The molecule has 1 aromatic heterocycles. The molecule has 13 heavy (non-hydrogen) atoms. The lowest BCUT2D eigenvalue weighted by atomic mass is 10.6. The number of primary amides is 1. The van der Waals surface area contributed by atoms with Crippen LogP contribution in [-0.2, 0) is 11.3 Å². The zero-order chi connectivity index (χ0) is 9.84. The highest BCUT2D eigenvalue weighted by atomic mass is 32.1. The second-order valence-corrected chi connectivity index (χ2v) is 2.78. The average molecular weight is 202 g/mol. The molecule has 0 aliphatic rings. The van der Waals surface area contributed by atoms with Crippen LogP contribution in [0.5, 0.6) is 0 Å². The molecule has 0 unspecified atom stereocenters. The molecule has 0 aliphatic carbocycles. The predicted octanol–water partition coefficient (Wildman–Crippen LogP) is 0.344. The number of carbonyl (C=O) groups is 1. The molecule has 0 saturated carbocycles. The number of carbonyl (C=O) groups excluding carboxylic acids is 1. The number of nitrogens with zero attached hydrogens (tertiary/aromatic N) is 2. The highest BCUT2D eigenvalue weighted by molar-refractivity contribution is 7.71. The molecule has 0 saturated heterocycles. The minimum atomic E-state index is -0.785. The number of nitrogens with two attached hydrogens (primary N) is 1. The molecule has 0 aromatic carbocycles. The van der Waals surface area contributed by atoms with Crippen LogP contribution >= 0.6 is 12.2 Å². The second-order valence-electron chi connectivity index (χ2n) is 2.40. The number of aromatic nitrogens is 3. The van der Waals surface area contributed by atoms with Crippen molar-refractivity contribution in [2.75, 3.05) is 6.61 Å². The van der Waals surface area contributed by atoms with Crippen LogP contribution in [0.25, 0.3) is 0 Å². The minimum absolute atomic E-state index is 0.198. The van der Waals surface area contributed by atoms with E-state index < -0.39 is 6.09 Å². The third-order valence-electron chi connectivity index (χ3n) is 1.51. The van der Waals surface area contributed by atoms with Crippen molar-refractivity contribution in [2.24, 2.45) is 5.73 Å². The molecule has 0 spiro atoms. The normalized spacial score (nSPS) is 9.92. The van der Waals surface area contributed by atoms with Gasteiger partial charge in [0.1, 0.15) is 12.4 Å². The predicted molar refractivity (Wildman–Crippen MR) is 47.7 cm³/mol. The van der Waals surface area contributed by atoms with Crippen molar-refractivity contribution in [3.05, 3.63) is 10.6 Å². The maximum Gasteiger partial charge on any atom is 0.404 e. The summed E-state index contributed by atoms with van der Waals surface area (Å²) in [6.45, 7) is 2.46. The van der Waals surface area contributed by atoms with Gasteiger partial charge >= 0.3 is 6.09 Å². The van der Waals surface area contributed by atoms with Crippen molar-refractivity contribution in [3.63, 3.8) is 0 Å².